The van der Waals surface area contributed by atoms with Crippen LogP contribution in [-0.4, -0.2) is 16.7 Å². The van der Waals surface area contributed by atoms with Crippen molar-refractivity contribution in [3.63, 3.8) is 0 Å². The van der Waals surface area contributed by atoms with Gasteiger partial charge in [-0.05, 0) is 61.0 Å². The Labute approximate surface area is 172 Å². The first-order chi connectivity index (χ1) is 14.1. The lowest BCUT2D eigenvalue weighted by Crippen LogP contribution is -2.22. The van der Waals surface area contributed by atoms with Crippen molar-refractivity contribution < 1.29 is 9.13 Å². The molecular weight excluding hydrogens is 387 g/mol. The molecule has 4 rings (SSSR count). The fourth-order valence-corrected chi connectivity index (χ4v) is 4.16. The molecule has 146 valence electrons. The van der Waals surface area contributed by atoms with Crippen molar-refractivity contribution in [2.45, 2.75) is 17.3 Å². The first-order valence-corrected chi connectivity index (χ1v) is 10.0. The molecule has 1 aromatic heterocycles. The number of hydrogen-bond acceptors (Lipinski definition) is 4. The van der Waals surface area contributed by atoms with Gasteiger partial charge in [0.1, 0.15) is 11.6 Å². The molecule has 0 radical (unpaired) electrons. The summed E-state index contributed by atoms with van der Waals surface area (Å²) >= 11 is 1.46. The monoisotopic (exact) mass is 406 g/mol. The van der Waals surface area contributed by atoms with Crippen LogP contribution in [-0.2, 0) is 0 Å². The number of benzene rings is 3. The van der Waals surface area contributed by atoms with Gasteiger partial charge < -0.3 is 4.74 Å². The van der Waals surface area contributed by atoms with Crippen molar-refractivity contribution >= 4 is 22.7 Å². The standard InChI is InChI=1S/C23H19FN2O2S/c1-15(16-7-9-17(24)10-8-16)29-23-25-21-6-4-3-5-20(21)22(27)26(23)18-11-13-19(28-2)14-12-18/h3-15H,1-2H3/t15-/m0/s1. The highest BCUT2D eigenvalue weighted by Gasteiger charge is 2.17. The molecule has 3 aromatic carbocycles. The lowest BCUT2D eigenvalue weighted by Gasteiger charge is -2.17. The second-order valence-electron chi connectivity index (χ2n) is 6.56. The minimum atomic E-state index is -0.273. The SMILES string of the molecule is COc1ccc(-n2c(S[C@@H](C)c3ccc(F)cc3)nc3ccccc3c2=O)cc1. The Kier molecular flexibility index (Phi) is 5.36. The Hall–Kier alpha value is -3.12. The fourth-order valence-electron chi connectivity index (χ4n) is 3.11. The van der Waals surface area contributed by atoms with Crippen molar-refractivity contribution in [2.24, 2.45) is 0 Å². The third-order valence-corrected chi connectivity index (χ3v) is 5.81. The van der Waals surface area contributed by atoms with Crippen molar-refractivity contribution in [1.29, 1.82) is 0 Å². The number of halogens is 1. The van der Waals surface area contributed by atoms with Crippen LogP contribution in [0.15, 0.2) is 82.7 Å². The van der Waals surface area contributed by atoms with Crippen molar-refractivity contribution in [3.05, 3.63) is 94.5 Å². The molecule has 4 aromatic rings. The highest BCUT2D eigenvalue weighted by molar-refractivity contribution is 7.99. The predicted molar refractivity (Wildman–Crippen MR) is 115 cm³/mol. The summed E-state index contributed by atoms with van der Waals surface area (Å²) in [5.41, 5.74) is 2.19. The largest absolute Gasteiger partial charge is 0.497 e. The van der Waals surface area contributed by atoms with Gasteiger partial charge in [0.2, 0.25) is 0 Å². The average molecular weight is 406 g/mol. The zero-order valence-electron chi connectivity index (χ0n) is 16.0. The molecule has 0 fully saturated rings. The van der Waals surface area contributed by atoms with Crippen LogP contribution < -0.4 is 10.3 Å². The highest BCUT2D eigenvalue weighted by Crippen LogP contribution is 2.35. The van der Waals surface area contributed by atoms with Gasteiger partial charge in [-0.3, -0.25) is 9.36 Å². The number of para-hydroxylation sites is 1. The lowest BCUT2D eigenvalue weighted by molar-refractivity contribution is 0.414. The van der Waals surface area contributed by atoms with E-state index >= 15 is 0 Å². The van der Waals surface area contributed by atoms with E-state index in [1.54, 1.807) is 29.9 Å². The van der Waals surface area contributed by atoms with Crippen LogP contribution in [0, 0.1) is 5.82 Å². The molecule has 0 N–H and O–H groups in total. The van der Waals surface area contributed by atoms with Gasteiger partial charge >= 0.3 is 0 Å². The van der Waals surface area contributed by atoms with E-state index in [-0.39, 0.29) is 16.6 Å². The molecule has 1 atom stereocenters. The summed E-state index contributed by atoms with van der Waals surface area (Å²) in [5.74, 6) is 0.439. The summed E-state index contributed by atoms with van der Waals surface area (Å²) < 4.78 is 20.1. The zero-order chi connectivity index (χ0) is 20.4. The molecule has 0 amide bonds. The molecule has 6 heteroatoms. The minimum absolute atomic E-state index is 0.0202. The number of nitrogens with zero attached hydrogens (tertiary/aromatic N) is 2. The van der Waals surface area contributed by atoms with Crippen LogP contribution >= 0.6 is 11.8 Å². The summed E-state index contributed by atoms with van der Waals surface area (Å²) in [6.45, 7) is 2.01. The smallest absolute Gasteiger partial charge is 0.266 e. The summed E-state index contributed by atoms with van der Waals surface area (Å²) in [6, 6.07) is 21.0. The summed E-state index contributed by atoms with van der Waals surface area (Å²) in [6.07, 6.45) is 0. The van der Waals surface area contributed by atoms with Gasteiger partial charge in [0, 0.05) is 5.25 Å². The quantitative estimate of drug-likeness (QED) is 0.329. The number of ether oxygens (including phenoxy) is 1. The maximum absolute atomic E-state index is 13.3. The van der Waals surface area contributed by atoms with Crippen molar-refractivity contribution in [3.8, 4) is 11.4 Å². The van der Waals surface area contributed by atoms with Gasteiger partial charge in [-0.1, -0.05) is 36.0 Å². The Morgan fingerprint density at radius 2 is 1.69 bits per heavy atom. The Morgan fingerprint density at radius 1 is 1.00 bits per heavy atom. The molecule has 0 spiro atoms. The highest BCUT2D eigenvalue weighted by atomic mass is 32.2. The van der Waals surface area contributed by atoms with E-state index in [4.69, 9.17) is 9.72 Å². The van der Waals surface area contributed by atoms with Crippen molar-refractivity contribution in [2.75, 3.05) is 7.11 Å². The number of methoxy groups -OCH3 is 1. The molecule has 0 aliphatic carbocycles. The molecule has 0 bridgehead atoms. The first kappa shape index (κ1) is 19.2. The van der Waals surface area contributed by atoms with E-state index in [9.17, 15) is 9.18 Å². The van der Waals surface area contributed by atoms with Crippen LogP contribution in [0.5, 0.6) is 5.75 Å². The normalized spacial score (nSPS) is 12.1. The minimum Gasteiger partial charge on any atom is -0.497 e. The summed E-state index contributed by atoms with van der Waals surface area (Å²) in [5, 5.41) is 1.12. The van der Waals surface area contributed by atoms with Crippen LogP contribution in [0.2, 0.25) is 0 Å². The van der Waals surface area contributed by atoms with E-state index in [1.165, 1.54) is 23.9 Å². The number of hydrogen-bond donors (Lipinski definition) is 0. The molecule has 0 unspecified atom stereocenters. The number of thioether (sulfide) groups is 1. The van der Waals surface area contributed by atoms with E-state index in [2.05, 4.69) is 0 Å². The first-order valence-electron chi connectivity index (χ1n) is 9.15. The third-order valence-electron chi connectivity index (χ3n) is 4.70. The van der Waals surface area contributed by atoms with Gasteiger partial charge in [-0.25, -0.2) is 9.37 Å². The van der Waals surface area contributed by atoms with Crippen LogP contribution in [0.3, 0.4) is 0 Å². The average Bonchev–Trinajstić information content (AvgIpc) is 2.74. The van der Waals surface area contributed by atoms with E-state index < -0.39 is 0 Å². The Balaban J connectivity index is 1.84. The number of aromatic nitrogens is 2. The third kappa shape index (κ3) is 3.89. The van der Waals surface area contributed by atoms with Gasteiger partial charge in [-0.15, -0.1) is 0 Å². The van der Waals surface area contributed by atoms with E-state index in [0.717, 1.165) is 5.56 Å². The van der Waals surface area contributed by atoms with Gasteiger partial charge in [0.25, 0.3) is 5.56 Å². The van der Waals surface area contributed by atoms with Gasteiger partial charge in [-0.2, -0.15) is 0 Å². The number of rotatable bonds is 5. The summed E-state index contributed by atoms with van der Waals surface area (Å²) in [7, 11) is 1.60. The fraction of sp³-hybridized carbons (Fsp3) is 0.130. The van der Waals surface area contributed by atoms with E-state index in [1.807, 2.05) is 49.4 Å². The van der Waals surface area contributed by atoms with Gasteiger partial charge in [0.15, 0.2) is 5.16 Å². The molecule has 0 aliphatic heterocycles. The maximum Gasteiger partial charge on any atom is 0.266 e. The molecule has 29 heavy (non-hydrogen) atoms. The molecule has 0 saturated carbocycles. The Bertz CT molecular complexity index is 1200. The lowest BCUT2D eigenvalue weighted by atomic mass is 10.2. The van der Waals surface area contributed by atoms with Crippen LogP contribution in [0.25, 0.3) is 16.6 Å². The Morgan fingerprint density at radius 3 is 2.38 bits per heavy atom. The predicted octanol–water partition coefficient (Wildman–Crippen LogP) is 5.39. The summed E-state index contributed by atoms with van der Waals surface area (Å²) in [4.78, 5) is 18.1. The second-order valence-corrected chi connectivity index (χ2v) is 7.87. The van der Waals surface area contributed by atoms with Crippen LogP contribution in [0.1, 0.15) is 17.7 Å². The molecular formula is C23H19FN2O2S. The molecule has 0 saturated heterocycles. The zero-order valence-corrected chi connectivity index (χ0v) is 16.8. The molecule has 4 nitrogen and oxygen atoms in total. The van der Waals surface area contributed by atoms with Crippen molar-refractivity contribution in [1.82, 2.24) is 9.55 Å². The number of fused-ring (bicyclic) bond motifs is 1. The van der Waals surface area contributed by atoms with E-state index in [0.29, 0.717) is 27.5 Å². The topological polar surface area (TPSA) is 44.1 Å². The maximum atomic E-state index is 13.3. The van der Waals surface area contributed by atoms with Crippen LogP contribution in [0.4, 0.5) is 4.39 Å². The second kappa shape index (κ2) is 8.09. The molecule has 1 heterocycles. The molecule has 0 aliphatic rings. The van der Waals surface area contributed by atoms with Gasteiger partial charge in [0.05, 0.1) is 23.7 Å².